The number of halogens is 1. The van der Waals surface area contributed by atoms with Crippen LogP contribution in [0.2, 0.25) is 5.02 Å². The number of carbonyl (C=O) groups is 3. The summed E-state index contributed by atoms with van der Waals surface area (Å²) in [6, 6.07) is 13.5. The molecule has 2 aromatic carbocycles. The van der Waals surface area contributed by atoms with Gasteiger partial charge in [0.05, 0.1) is 13.0 Å². The number of amides is 1. The molecule has 0 spiro atoms. The number of Topliss-reactive ketones (excluding diaryl/α,β-unsaturated/α-hetero) is 1. The van der Waals surface area contributed by atoms with Crippen molar-refractivity contribution in [2.24, 2.45) is 5.92 Å². The van der Waals surface area contributed by atoms with Crippen LogP contribution in [-0.2, 0) is 14.3 Å². The molecule has 0 unspecified atom stereocenters. The second-order valence-electron chi connectivity index (χ2n) is 6.15. The molecule has 1 amide bonds. The van der Waals surface area contributed by atoms with Gasteiger partial charge in [-0.2, -0.15) is 0 Å². The maximum absolute atomic E-state index is 12.3. The van der Waals surface area contributed by atoms with E-state index in [0.717, 1.165) is 0 Å². The van der Waals surface area contributed by atoms with Crippen LogP contribution in [0.1, 0.15) is 16.8 Å². The van der Waals surface area contributed by atoms with Gasteiger partial charge in [0, 0.05) is 29.2 Å². The summed E-state index contributed by atoms with van der Waals surface area (Å²) in [7, 11) is 1.51. The highest BCUT2D eigenvalue weighted by Crippen LogP contribution is 2.27. The lowest BCUT2D eigenvalue weighted by Crippen LogP contribution is -2.27. The summed E-state index contributed by atoms with van der Waals surface area (Å²) in [5, 5.41) is 0.509. The smallest absolute Gasteiger partial charge is 0.311 e. The predicted molar refractivity (Wildman–Crippen MR) is 100 cm³/mol. The molecule has 0 N–H and O–H groups in total. The van der Waals surface area contributed by atoms with Gasteiger partial charge in [-0.1, -0.05) is 29.8 Å². The van der Waals surface area contributed by atoms with Crippen LogP contribution in [0, 0.1) is 5.92 Å². The summed E-state index contributed by atoms with van der Waals surface area (Å²) in [4.78, 5) is 38.2. The van der Waals surface area contributed by atoms with Gasteiger partial charge in [0.15, 0.2) is 12.4 Å². The van der Waals surface area contributed by atoms with Gasteiger partial charge < -0.3 is 14.4 Å². The molecule has 1 fully saturated rings. The van der Waals surface area contributed by atoms with Crippen LogP contribution >= 0.6 is 11.6 Å². The highest BCUT2D eigenvalue weighted by atomic mass is 35.5. The Morgan fingerprint density at radius 3 is 2.70 bits per heavy atom. The molecule has 27 heavy (non-hydrogen) atoms. The first-order valence-corrected chi connectivity index (χ1v) is 8.75. The van der Waals surface area contributed by atoms with E-state index in [9.17, 15) is 14.4 Å². The Kier molecular flexibility index (Phi) is 5.76. The lowest BCUT2D eigenvalue weighted by Gasteiger charge is -2.16. The fourth-order valence-electron chi connectivity index (χ4n) is 2.89. The zero-order valence-electron chi connectivity index (χ0n) is 14.7. The highest BCUT2D eigenvalue weighted by molar-refractivity contribution is 6.31. The van der Waals surface area contributed by atoms with Crippen LogP contribution in [0.25, 0.3) is 0 Å². The second-order valence-corrected chi connectivity index (χ2v) is 6.58. The lowest BCUT2D eigenvalue weighted by molar-refractivity contribution is -0.147. The van der Waals surface area contributed by atoms with Gasteiger partial charge in [0.1, 0.15) is 5.75 Å². The quantitative estimate of drug-likeness (QED) is 0.562. The van der Waals surface area contributed by atoms with Crippen molar-refractivity contribution in [3.8, 4) is 5.75 Å². The summed E-state index contributed by atoms with van der Waals surface area (Å²) < 4.78 is 10.2. The molecule has 1 atom stereocenters. The molecule has 1 aliphatic rings. The SMILES string of the molecule is COc1cccc(C(=O)COC(=O)[C@H]2CC(=O)N(c3cccc(Cl)c3)C2)c1. The summed E-state index contributed by atoms with van der Waals surface area (Å²) in [5.74, 6) is -1.15. The Labute approximate surface area is 161 Å². The van der Waals surface area contributed by atoms with Crippen molar-refractivity contribution >= 4 is 34.9 Å². The third-order valence-corrected chi connectivity index (χ3v) is 4.55. The minimum Gasteiger partial charge on any atom is -0.497 e. The van der Waals surface area contributed by atoms with Crippen LogP contribution in [0.5, 0.6) is 5.75 Å². The number of carbonyl (C=O) groups excluding carboxylic acids is 3. The van der Waals surface area contributed by atoms with Gasteiger partial charge in [-0.05, 0) is 30.3 Å². The number of hydrogen-bond acceptors (Lipinski definition) is 5. The summed E-state index contributed by atoms with van der Waals surface area (Å²) in [5.41, 5.74) is 1.03. The molecule has 0 bridgehead atoms. The topological polar surface area (TPSA) is 72.9 Å². The average Bonchev–Trinajstić information content (AvgIpc) is 3.07. The van der Waals surface area contributed by atoms with E-state index in [0.29, 0.717) is 22.0 Å². The number of esters is 1. The molecule has 1 aliphatic heterocycles. The van der Waals surface area contributed by atoms with E-state index in [1.165, 1.54) is 12.0 Å². The maximum atomic E-state index is 12.3. The molecule has 0 saturated carbocycles. The van der Waals surface area contributed by atoms with Crippen molar-refractivity contribution in [1.82, 2.24) is 0 Å². The van der Waals surface area contributed by atoms with Crippen LogP contribution in [0.3, 0.4) is 0 Å². The molecule has 3 rings (SSSR count). The number of rotatable bonds is 6. The third kappa shape index (κ3) is 4.46. The van der Waals surface area contributed by atoms with Crippen molar-refractivity contribution in [1.29, 1.82) is 0 Å². The minimum absolute atomic E-state index is 0.0404. The normalized spacial score (nSPS) is 16.3. The van der Waals surface area contributed by atoms with E-state index in [-0.39, 0.29) is 31.3 Å². The van der Waals surface area contributed by atoms with Crippen molar-refractivity contribution in [2.45, 2.75) is 6.42 Å². The fraction of sp³-hybridized carbons (Fsp3) is 0.250. The summed E-state index contributed by atoms with van der Waals surface area (Å²) in [6.45, 7) is -0.181. The molecule has 0 aromatic heterocycles. The molecular weight excluding hydrogens is 370 g/mol. The molecule has 1 heterocycles. The molecule has 1 saturated heterocycles. The Morgan fingerprint density at radius 1 is 1.19 bits per heavy atom. The number of hydrogen-bond donors (Lipinski definition) is 0. The third-order valence-electron chi connectivity index (χ3n) is 4.32. The number of ketones is 1. The van der Waals surface area contributed by atoms with Gasteiger partial charge in [-0.15, -0.1) is 0 Å². The average molecular weight is 388 g/mol. The standard InChI is InChI=1S/C20H18ClNO5/c1-26-17-7-2-4-13(8-17)18(23)12-27-20(25)14-9-19(24)22(11-14)16-6-3-5-15(21)10-16/h2-8,10,14H,9,11-12H2,1H3/t14-/m0/s1. The number of methoxy groups -OCH3 is 1. The van der Waals surface area contributed by atoms with E-state index < -0.39 is 11.9 Å². The van der Waals surface area contributed by atoms with E-state index in [1.807, 2.05) is 0 Å². The highest BCUT2D eigenvalue weighted by Gasteiger charge is 2.36. The Morgan fingerprint density at radius 2 is 1.96 bits per heavy atom. The molecule has 2 aromatic rings. The summed E-state index contributed by atoms with van der Waals surface area (Å²) >= 11 is 5.96. The zero-order chi connectivity index (χ0) is 19.4. The maximum Gasteiger partial charge on any atom is 0.311 e. The molecule has 7 heteroatoms. The molecule has 140 valence electrons. The first-order valence-electron chi connectivity index (χ1n) is 8.37. The summed E-state index contributed by atoms with van der Waals surface area (Å²) in [6.07, 6.45) is 0.0404. The Hall–Kier alpha value is -2.86. The van der Waals surface area contributed by atoms with E-state index in [1.54, 1.807) is 48.5 Å². The van der Waals surface area contributed by atoms with E-state index in [2.05, 4.69) is 0 Å². The van der Waals surface area contributed by atoms with Crippen LogP contribution < -0.4 is 9.64 Å². The first kappa shape index (κ1) is 18.9. The van der Waals surface area contributed by atoms with Crippen LogP contribution in [-0.4, -0.2) is 37.9 Å². The largest absolute Gasteiger partial charge is 0.497 e. The van der Waals surface area contributed by atoms with Crippen LogP contribution in [0.4, 0.5) is 5.69 Å². The molecular formula is C20H18ClNO5. The van der Waals surface area contributed by atoms with Crippen molar-refractivity contribution < 1.29 is 23.9 Å². The predicted octanol–water partition coefficient (Wildman–Crippen LogP) is 3.13. The number of nitrogens with zero attached hydrogens (tertiary/aromatic N) is 1. The molecule has 0 aliphatic carbocycles. The van der Waals surface area contributed by atoms with Gasteiger partial charge >= 0.3 is 5.97 Å². The Bertz CT molecular complexity index is 882. The number of ether oxygens (including phenoxy) is 2. The van der Waals surface area contributed by atoms with Crippen molar-refractivity contribution in [2.75, 3.05) is 25.2 Å². The lowest BCUT2D eigenvalue weighted by atomic mass is 10.1. The van der Waals surface area contributed by atoms with Crippen molar-refractivity contribution in [3.63, 3.8) is 0 Å². The van der Waals surface area contributed by atoms with Gasteiger partial charge in [0.25, 0.3) is 0 Å². The van der Waals surface area contributed by atoms with E-state index in [4.69, 9.17) is 21.1 Å². The monoisotopic (exact) mass is 387 g/mol. The van der Waals surface area contributed by atoms with Gasteiger partial charge in [0.2, 0.25) is 5.91 Å². The first-order chi connectivity index (χ1) is 13.0. The molecule has 6 nitrogen and oxygen atoms in total. The Balaban J connectivity index is 1.58. The van der Waals surface area contributed by atoms with Crippen LogP contribution in [0.15, 0.2) is 48.5 Å². The fourth-order valence-corrected chi connectivity index (χ4v) is 3.08. The zero-order valence-corrected chi connectivity index (χ0v) is 15.4. The number of anilines is 1. The number of benzene rings is 2. The van der Waals surface area contributed by atoms with E-state index >= 15 is 0 Å². The van der Waals surface area contributed by atoms with Gasteiger partial charge in [-0.25, -0.2) is 0 Å². The molecule has 0 radical (unpaired) electrons. The van der Waals surface area contributed by atoms with Crippen molar-refractivity contribution in [3.05, 3.63) is 59.1 Å². The second kappa shape index (κ2) is 8.22. The van der Waals surface area contributed by atoms with Gasteiger partial charge in [-0.3, -0.25) is 14.4 Å². The minimum atomic E-state index is -0.616.